The normalized spacial score (nSPS) is 11.1. The summed E-state index contributed by atoms with van der Waals surface area (Å²) in [5, 5.41) is 16.8. The zero-order valence-corrected chi connectivity index (χ0v) is 14.8. The molecule has 0 aliphatic carbocycles. The molecule has 0 heterocycles. The van der Waals surface area contributed by atoms with E-state index in [1.54, 1.807) is 30.3 Å². The van der Waals surface area contributed by atoms with Crippen molar-refractivity contribution < 1.29 is 14.5 Å². The second-order valence-electron chi connectivity index (χ2n) is 5.79. The molecule has 0 fully saturated rings. The molecule has 3 rings (SSSR count). The van der Waals surface area contributed by atoms with Gasteiger partial charge in [0, 0.05) is 12.3 Å². The van der Waals surface area contributed by atoms with E-state index in [9.17, 15) is 14.9 Å². The van der Waals surface area contributed by atoms with Crippen molar-refractivity contribution in [3.8, 4) is 5.75 Å². The van der Waals surface area contributed by atoms with Crippen LogP contribution in [0, 0.1) is 10.1 Å². The van der Waals surface area contributed by atoms with Crippen LogP contribution in [0.1, 0.15) is 5.56 Å². The summed E-state index contributed by atoms with van der Waals surface area (Å²) < 4.78 is 5.47. The fourth-order valence-electron chi connectivity index (χ4n) is 2.53. The van der Waals surface area contributed by atoms with Crippen LogP contribution in [-0.2, 0) is 4.79 Å². The highest BCUT2D eigenvalue weighted by atomic mass is 16.6. The van der Waals surface area contributed by atoms with Gasteiger partial charge in [0.25, 0.3) is 11.6 Å². The summed E-state index contributed by atoms with van der Waals surface area (Å²) in [4.78, 5) is 22.3. The maximum Gasteiger partial charge on any atom is 0.277 e. The average Bonchev–Trinajstić information content (AvgIpc) is 2.72. The van der Waals surface area contributed by atoms with Gasteiger partial charge in [-0.25, -0.2) is 5.43 Å². The fourth-order valence-corrected chi connectivity index (χ4v) is 2.53. The molecule has 0 aliphatic rings. The van der Waals surface area contributed by atoms with E-state index in [0.29, 0.717) is 11.3 Å². The number of nitrogens with zero attached hydrogens (tertiary/aromatic N) is 2. The number of carbonyl (C=O) groups excluding carboxylic acids is 1. The minimum Gasteiger partial charge on any atom is -0.484 e. The molecule has 0 unspecified atom stereocenters. The summed E-state index contributed by atoms with van der Waals surface area (Å²) >= 11 is 0. The summed E-state index contributed by atoms with van der Waals surface area (Å²) in [7, 11) is 0. The van der Waals surface area contributed by atoms with Crippen molar-refractivity contribution in [2.45, 2.75) is 0 Å². The van der Waals surface area contributed by atoms with Crippen molar-refractivity contribution in [3.05, 3.63) is 88.5 Å². The number of hydrogen-bond donors (Lipinski definition) is 1. The van der Waals surface area contributed by atoms with Gasteiger partial charge in [-0.1, -0.05) is 42.5 Å². The molecule has 3 aromatic rings. The standard InChI is InChI=1S/C21H17N3O4/c25-21(15-28-19-12-11-16-6-1-2-8-18(16)14-19)23-22-13-5-9-17-7-3-4-10-20(17)24(26)27/h1-14H,15H2,(H,23,25)/b9-5+,22-13+. The number of fused-ring (bicyclic) bond motifs is 1. The molecule has 0 aromatic heterocycles. The van der Waals surface area contributed by atoms with Crippen LogP contribution in [0.4, 0.5) is 5.69 Å². The molecule has 0 saturated heterocycles. The Morgan fingerprint density at radius 1 is 1.07 bits per heavy atom. The van der Waals surface area contributed by atoms with Crippen LogP contribution in [0.25, 0.3) is 16.8 Å². The van der Waals surface area contributed by atoms with Gasteiger partial charge in [-0.15, -0.1) is 0 Å². The third kappa shape index (κ3) is 5.01. The summed E-state index contributed by atoms with van der Waals surface area (Å²) in [6.07, 6.45) is 4.39. The second kappa shape index (κ2) is 9.09. The third-order valence-corrected chi connectivity index (χ3v) is 3.85. The number of allylic oxidation sites excluding steroid dienone is 1. The number of carbonyl (C=O) groups is 1. The molecular weight excluding hydrogens is 358 g/mol. The number of nitrogens with one attached hydrogen (secondary N) is 1. The molecule has 140 valence electrons. The maximum absolute atomic E-state index is 11.8. The lowest BCUT2D eigenvalue weighted by Crippen LogP contribution is -2.24. The number of benzene rings is 3. The quantitative estimate of drug-likeness (QED) is 0.384. The van der Waals surface area contributed by atoms with Gasteiger partial charge in [-0.2, -0.15) is 5.10 Å². The van der Waals surface area contributed by atoms with Gasteiger partial charge < -0.3 is 4.74 Å². The number of nitro benzene ring substituents is 1. The van der Waals surface area contributed by atoms with Gasteiger partial charge in [-0.3, -0.25) is 14.9 Å². The highest BCUT2D eigenvalue weighted by Gasteiger charge is 2.08. The van der Waals surface area contributed by atoms with E-state index in [2.05, 4.69) is 10.5 Å². The Morgan fingerprint density at radius 2 is 1.82 bits per heavy atom. The zero-order chi connectivity index (χ0) is 19.8. The number of para-hydroxylation sites is 1. The zero-order valence-electron chi connectivity index (χ0n) is 14.8. The van der Waals surface area contributed by atoms with E-state index in [-0.39, 0.29) is 12.3 Å². The van der Waals surface area contributed by atoms with Gasteiger partial charge in [-0.05, 0) is 41.1 Å². The molecule has 0 spiro atoms. The minimum absolute atomic E-state index is 0.0000272. The van der Waals surface area contributed by atoms with Gasteiger partial charge >= 0.3 is 0 Å². The topological polar surface area (TPSA) is 93.8 Å². The van der Waals surface area contributed by atoms with Gasteiger partial charge in [0.1, 0.15) is 5.75 Å². The van der Waals surface area contributed by atoms with Crippen LogP contribution in [0.3, 0.4) is 0 Å². The number of amides is 1. The van der Waals surface area contributed by atoms with Crippen LogP contribution >= 0.6 is 0 Å². The number of rotatable bonds is 7. The van der Waals surface area contributed by atoms with Crippen molar-refractivity contribution in [2.75, 3.05) is 6.61 Å². The van der Waals surface area contributed by atoms with Crippen molar-refractivity contribution >= 4 is 34.7 Å². The summed E-state index contributed by atoms with van der Waals surface area (Å²) in [6, 6.07) is 19.8. The molecule has 0 radical (unpaired) electrons. The summed E-state index contributed by atoms with van der Waals surface area (Å²) in [6.45, 7) is -0.177. The lowest BCUT2D eigenvalue weighted by Gasteiger charge is -2.06. The first-order chi connectivity index (χ1) is 13.6. The van der Waals surface area contributed by atoms with Crippen LogP contribution in [0.15, 0.2) is 77.9 Å². The lowest BCUT2D eigenvalue weighted by molar-refractivity contribution is -0.385. The molecule has 3 aromatic carbocycles. The Bertz CT molecular complexity index is 1060. The average molecular weight is 375 g/mol. The molecule has 7 nitrogen and oxygen atoms in total. The predicted octanol–water partition coefficient (Wildman–Crippen LogP) is 3.94. The van der Waals surface area contributed by atoms with Crippen molar-refractivity contribution in [1.82, 2.24) is 5.43 Å². The maximum atomic E-state index is 11.8. The van der Waals surface area contributed by atoms with E-state index in [0.717, 1.165) is 10.8 Å². The number of hydrazone groups is 1. The van der Waals surface area contributed by atoms with E-state index < -0.39 is 10.8 Å². The molecule has 28 heavy (non-hydrogen) atoms. The highest BCUT2D eigenvalue weighted by Crippen LogP contribution is 2.20. The minimum atomic E-state index is -0.456. The lowest BCUT2D eigenvalue weighted by atomic mass is 10.1. The Labute approximate surface area is 161 Å². The first-order valence-corrected chi connectivity index (χ1v) is 8.47. The highest BCUT2D eigenvalue weighted by molar-refractivity contribution is 5.84. The number of ether oxygens (including phenoxy) is 1. The molecule has 1 amide bonds. The monoisotopic (exact) mass is 375 g/mol. The predicted molar refractivity (Wildman–Crippen MR) is 108 cm³/mol. The van der Waals surface area contributed by atoms with Gasteiger partial charge in [0.2, 0.25) is 0 Å². The Balaban J connectivity index is 1.49. The Morgan fingerprint density at radius 3 is 2.64 bits per heavy atom. The molecule has 0 atom stereocenters. The Kier molecular flexibility index (Phi) is 6.10. The molecule has 0 saturated carbocycles. The third-order valence-electron chi connectivity index (χ3n) is 3.85. The van der Waals surface area contributed by atoms with Crippen molar-refractivity contribution in [1.29, 1.82) is 0 Å². The van der Waals surface area contributed by atoms with E-state index >= 15 is 0 Å². The molecule has 0 aliphatic heterocycles. The van der Waals surface area contributed by atoms with Crippen molar-refractivity contribution in [2.24, 2.45) is 5.10 Å². The fraction of sp³-hybridized carbons (Fsp3) is 0.0476. The van der Waals surface area contributed by atoms with Crippen LogP contribution in [0.5, 0.6) is 5.75 Å². The first-order valence-electron chi connectivity index (χ1n) is 8.47. The summed E-state index contributed by atoms with van der Waals surface area (Å²) in [5.74, 6) is 0.178. The van der Waals surface area contributed by atoms with Gasteiger partial charge in [0.15, 0.2) is 6.61 Å². The van der Waals surface area contributed by atoms with E-state index in [4.69, 9.17) is 4.74 Å². The van der Waals surface area contributed by atoms with Crippen molar-refractivity contribution in [3.63, 3.8) is 0 Å². The van der Waals surface area contributed by atoms with Crippen LogP contribution in [-0.4, -0.2) is 23.7 Å². The molecule has 0 bridgehead atoms. The van der Waals surface area contributed by atoms with Crippen LogP contribution in [0.2, 0.25) is 0 Å². The largest absolute Gasteiger partial charge is 0.484 e. The number of hydrogen-bond acceptors (Lipinski definition) is 5. The second-order valence-corrected chi connectivity index (χ2v) is 5.79. The van der Waals surface area contributed by atoms with E-state index in [1.807, 2.05) is 36.4 Å². The molecule has 7 heteroatoms. The van der Waals surface area contributed by atoms with E-state index in [1.165, 1.54) is 18.4 Å². The van der Waals surface area contributed by atoms with Gasteiger partial charge in [0.05, 0.1) is 10.5 Å². The molecule has 1 N–H and O–H groups in total. The SMILES string of the molecule is O=C(COc1ccc2ccccc2c1)N/N=C/C=C/c1ccccc1[N+](=O)[O-]. The first kappa shape index (κ1) is 18.8. The van der Waals surface area contributed by atoms with Crippen LogP contribution < -0.4 is 10.2 Å². The summed E-state index contributed by atoms with van der Waals surface area (Å²) in [5.41, 5.74) is 2.78. The smallest absolute Gasteiger partial charge is 0.277 e. The number of nitro groups is 1. The molecular formula is C21H17N3O4. The Hall–Kier alpha value is -4.00.